The van der Waals surface area contributed by atoms with Crippen LogP contribution in [0.1, 0.15) is 25.0 Å². The molecule has 2 aromatic rings. The van der Waals surface area contributed by atoms with Crippen molar-refractivity contribution in [2.45, 2.75) is 32.2 Å². The zero-order valence-corrected chi connectivity index (χ0v) is 18.0. The molecule has 0 fully saturated rings. The van der Waals surface area contributed by atoms with Crippen molar-refractivity contribution >= 4 is 16.0 Å². The van der Waals surface area contributed by atoms with E-state index in [2.05, 4.69) is 20.3 Å². The molecule has 0 spiro atoms. The Balaban J connectivity index is 1.74. The number of benzene rings is 2. The van der Waals surface area contributed by atoms with Crippen LogP contribution in [0.3, 0.4) is 0 Å². The fourth-order valence-electron chi connectivity index (χ4n) is 2.63. The van der Waals surface area contributed by atoms with Crippen LogP contribution in [0.2, 0.25) is 0 Å². The fraction of sp³-hybridized carbons (Fsp3) is 0.381. The normalized spacial score (nSPS) is 12.1. The Morgan fingerprint density at radius 3 is 2.28 bits per heavy atom. The predicted molar refractivity (Wildman–Crippen MR) is 117 cm³/mol. The van der Waals surface area contributed by atoms with E-state index >= 15 is 0 Å². The summed E-state index contributed by atoms with van der Waals surface area (Å²) < 4.78 is 32.2. The number of nitrogens with zero attached hydrogens (tertiary/aromatic N) is 1. The monoisotopic (exact) mass is 418 g/mol. The molecule has 0 aliphatic carbocycles. The van der Waals surface area contributed by atoms with Crippen molar-refractivity contribution in [3.05, 3.63) is 65.7 Å². The molecule has 0 radical (unpaired) electrons. The highest BCUT2D eigenvalue weighted by Gasteiger charge is 2.12. The molecule has 8 heteroatoms. The summed E-state index contributed by atoms with van der Waals surface area (Å²) in [7, 11) is -1.60. The molecule has 0 amide bonds. The Morgan fingerprint density at radius 1 is 1.00 bits per heavy atom. The van der Waals surface area contributed by atoms with E-state index in [0.29, 0.717) is 25.7 Å². The number of rotatable bonds is 10. The first-order valence-corrected chi connectivity index (χ1v) is 11.2. The lowest BCUT2D eigenvalue weighted by Crippen LogP contribution is -2.38. The van der Waals surface area contributed by atoms with Crippen LogP contribution in [0.5, 0.6) is 5.75 Å². The van der Waals surface area contributed by atoms with Crippen LogP contribution in [0, 0.1) is 0 Å². The van der Waals surface area contributed by atoms with E-state index in [-0.39, 0.29) is 11.8 Å². The molecule has 0 bridgehead atoms. The lowest BCUT2D eigenvalue weighted by atomic mass is 10.1. The summed E-state index contributed by atoms with van der Waals surface area (Å²) in [5.41, 5.74) is 1.79. The van der Waals surface area contributed by atoms with Crippen molar-refractivity contribution in [3.63, 3.8) is 0 Å². The van der Waals surface area contributed by atoms with Crippen molar-refractivity contribution < 1.29 is 13.2 Å². The molecule has 2 aromatic carbocycles. The van der Waals surface area contributed by atoms with Crippen LogP contribution in [0.15, 0.2) is 59.6 Å². The van der Waals surface area contributed by atoms with Gasteiger partial charge < -0.3 is 15.4 Å². The summed E-state index contributed by atoms with van der Waals surface area (Å²) in [6, 6.07) is 17.0. The number of ether oxygens (including phenoxy) is 1. The molecule has 29 heavy (non-hydrogen) atoms. The maximum Gasteiger partial charge on any atom is 0.216 e. The molecule has 7 nitrogen and oxygen atoms in total. The second-order valence-electron chi connectivity index (χ2n) is 6.86. The van der Waals surface area contributed by atoms with Crippen molar-refractivity contribution in [1.82, 2.24) is 15.4 Å². The Morgan fingerprint density at radius 2 is 1.66 bits per heavy atom. The van der Waals surface area contributed by atoms with Crippen LogP contribution in [0.4, 0.5) is 0 Å². The summed E-state index contributed by atoms with van der Waals surface area (Å²) >= 11 is 0. The number of hydrogen-bond acceptors (Lipinski definition) is 4. The van der Waals surface area contributed by atoms with E-state index in [1.165, 1.54) is 0 Å². The molecule has 158 valence electrons. The second-order valence-corrected chi connectivity index (χ2v) is 8.62. The summed E-state index contributed by atoms with van der Waals surface area (Å²) in [5, 5.41) is 6.43. The Labute approximate surface area is 173 Å². The summed E-state index contributed by atoms with van der Waals surface area (Å²) in [6.07, 6.45) is 0. The molecule has 0 aliphatic heterocycles. The molecule has 0 saturated carbocycles. The lowest BCUT2D eigenvalue weighted by Gasteiger charge is -2.13. The first-order chi connectivity index (χ1) is 13.9. The average molecular weight is 419 g/mol. The van der Waals surface area contributed by atoms with Gasteiger partial charge >= 0.3 is 0 Å². The SMILES string of the molecule is CN=C(NCCOc1ccccc1)NCc1ccc(CS(=O)(=O)NC(C)C)cc1. The van der Waals surface area contributed by atoms with Gasteiger partial charge in [-0.2, -0.15) is 0 Å². The van der Waals surface area contributed by atoms with Crippen molar-refractivity contribution in [3.8, 4) is 5.75 Å². The minimum Gasteiger partial charge on any atom is -0.492 e. The number of para-hydroxylation sites is 1. The lowest BCUT2D eigenvalue weighted by molar-refractivity contribution is 0.322. The van der Waals surface area contributed by atoms with E-state index in [1.54, 1.807) is 20.9 Å². The predicted octanol–water partition coefficient (Wildman–Crippen LogP) is 2.26. The maximum atomic E-state index is 12.0. The van der Waals surface area contributed by atoms with E-state index in [9.17, 15) is 8.42 Å². The first-order valence-electron chi connectivity index (χ1n) is 9.58. The number of aliphatic imine (C=N–C) groups is 1. The van der Waals surface area contributed by atoms with Crippen LogP contribution in [-0.2, 0) is 22.3 Å². The van der Waals surface area contributed by atoms with Gasteiger partial charge in [0.05, 0.1) is 12.3 Å². The summed E-state index contributed by atoms with van der Waals surface area (Å²) in [6.45, 7) is 5.34. The highest BCUT2D eigenvalue weighted by Crippen LogP contribution is 2.09. The van der Waals surface area contributed by atoms with Gasteiger partial charge in [0.15, 0.2) is 5.96 Å². The zero-order chi connectivity index (χ0) is 21.1. The van der Waals surface area contributed by atoms with Gasteiger partial charge in [0.25, 0.3) is 0 Å². The maximum absolute atomic E-state index is 12.0. The molecular formula is C21H30N4O3S. The van der Waals surface area contributed by atoms with Gasteiger partial charge in [0.2, 0.25) is 10.0 Å². The van der Waals surface area contributed by atoms with Gasteiger partial charge in [0.1, 0.15) is 12.4 Å². The second kappa shape index (κ2) is 11.4. The molecule has 0 unspecified atom stereocenters. The van der Waals surface area contributed by atoms with Gasteiger partial charge in [-0.25, -0.2) is 13.1 Å². The molecule has 0 saturated heterocycles. The molecule has 0 aromatic heterocycles. The highest BCUT2D eigenvalue weighted by atomic mass is 32.2. The van der Waals surface area contributed by atoms with E-state index < -0.39 is 10.0 Å². The molecule has 3 N–H and O–H groups in total. The number of hydrogen-bond donors (Lipinski definition) is 3. The van der Waals surface area contributed by atoms with E-state index in [4.69, 9.17) is 4.74 Å². The first kappa shape index (κ1) is 22.7. The van der Waals surface area contributed by atoms with Gasteiger partial charge in [-0.15, -0.1) is 0 Å². The Hall–Kier alpha value is -2.58. The van der Waals surface area contributed by atoms with Crippen molar-refractivity contribution in [1.29, 1.82) is 0 Å². The zero-order valence-electron chi connectivity index (χ0n) is 17.2. The quantitative estimate of drug-likeness (QED) is 0.313. The third-order valence-corrected chi connectivity index (χ3v) is 5.43. The summed E-state index contributed by atoms with van der Waals surface area (Å²) in [4.78, 5) is 4.19. The standard InChI is InChI=1S/C21H30N4O3S/c1-17(2)25-29(26,27)16-19-11-9-18(10-12-19)15-24-21(22-3)23-13-14-28-20-7-5-4-6-8-20/h4-12,17,25H,13-16H2,1-3H3,(H2,22,23,24). The summed E-state index contributed by atoms with van der Waals surface area (Å²) in [5.74, 6) is 1.49. The third-order valence-electron chi connectivity index (χ3n) is 3.88. The number of sulfonamides is 1. The van der Waals surface area contributed by atoms with Crippen LogP contribution in [-0.4, -0.2) is 40.6 Å². The highest BCUT2D eigenvalue weighted by molar-refractivity contribution is 7.88. The van der Waals surface area contributed by atoms with Gasteiger partial charge in [-0.3, -0.25) is 4.99 Å². The fourth-order valence-corrected chi connectivity index (χ4v) is 4.07. The largest absolute Gasteiger partial charge is 0.492 e. The Kier molecular flexibility index (Phi) is 8.95. The van der Waals surface area contributed by atoms with Crippen LogP contribution < -0.4 is 20.1 Å². The van der Waals surface area contributed by atoms with Crippen molar-refractivity contribution in [2.75, 3.05) is 20.2 Å². The Bertz CT molecular complexity index is 867. The van der Waals surface area contributed by atoms with Crippen molar-refractivity contribution in [2.24, 2.45) is 4.99 Å². The van der Waals surface area contributed by atoms with Gasteiger partial charge in [-0.1, -0.05) is 42.5 Å². The third kappa shape index (κ3) is 8.97. The molecule has 2 rings (SSSR count). The number of guanidine groups is 1. The topological polar surface area (TPSA) is 91.8 Å². The average Bonchev–Trinajstić information content (AvgIpc) is 2.68. The van der Waals surface area contributed by atoms with Gasteiger partial charge in [0, 0.05) is 19.6 Å². The number of nitrogens with one attached hydrogen (secondary N) is 3. The molecule has 0 heterocycles. The van der Waals surface area contributed by atoms with Crippen LogP contribution >= 0.6 is 0 Å². The minimum atomic E-state index is -3.32. The van der Waals surface area contributed by atoms with E-state index in [0.717, 1.165) is 16.9 Å². The van der Waals surface area contributed by atoms with E-state index in [1.807, 2.05) is 54.6 Å². The van der Waals surface area contributed by atoms with Gasteiger partial charge in [-0.05, 0) is 37.1 Å². The molecule has 0 aliphatic rings. The minimum absolute atomic E-state index is 0.0243. The molecule has 0 atom stereocenters. The smallest absolute Gasteiger partial charge is 0.216 e. The molecular weight excluding hydrogens is 388 g/mol. The van der Waals surface area contributed by atoms with Crippen LogP contribution in [0.25, 0.3) is 0 Å².